The largest absolute Gasteiger partial charge is 0.481 e. The molecule has 0 radical (unpaired) electrons. The number of nitrogens with one attached hydrogen (secondary N) is 1. The maximum absolute atomic E-state index is 11.2. The SMILES string of the molecule is O=C(O)CC1(CNc2nc3ccccc3o2)CCCCC1. The Bertz CT molecular complexity index is 596. The van der Waals surface area contributed by atoms with Crippen LogP contribution >= 0.6 is 0 Å². The summed E-state index contributed by atoms with van der Waals surface area (Å²) in [5.41, 5.74) is 1.39. The Balaban J connectivity index is 1.72. The first-order chi connectivity index (χ1) is 10.2. The molecule has 112 valence electrons. The zero-order chi connectivity index (χ0) is 14.7. The molecule has 1 heterocycles. The van der Waals surface area contributed by atoms with E-state index in [0.29, 0.717) is 12.6 Å². The quantitative estimate of drug-likeness (QED) is 0.878. The van der Waals surface area contributed by atoms with Crippen molar-refractivity contribution in [2.75, 3.05) is 11.9 Å². The number of rotatable bonds is 5. The molecule has 1 fully saturated rings. The molecule has 5 heteroatoms. The summed E-state index contributed by atoms with van der Waals surface area (Å²) in [6.07, 6.45) is 5.51. The van der Waals surface area contributed by atoms with Gasteiger partial charge >= 0.3 is 5.97 Å². The number of fused-ring (bicyclic) bond motifs is 1. The highest BCUT2D eigenvalue weighted by Crippen LogP contribution is 2.39. The molecule has 2 aromatic rings. The van der Waals surface area contributed by atoms with Gasteiger partial charge in [0, 0.05) is 6.54 Å². The van der Waals surface area contributed by atoms with Gasteiger partial charge in [-0.05, 0) is 30.4 Å². The Morgan fingerprint density at radius 3 is 2.76 bits per heavy atom. The Hall–Kier alpha value is -2.04. The Labute approximate surface area is 123 Å². The summed E-state index contributed by atoms with van der Waals surface area (Å²) in [7, 11) is 0. The highest BCUT2D eigenvalue weighted by atomic mass is 16.4. The van der Waals surface area contributed by atoms with E-state index in [9.17, 15) is 9.90 Å². The van der Waals surface area contributed by atoms with Crippen LogP contribution in [0.15, 0.2) is 28.7 Å². The zero-order valence-corrected chi connectivity index (χ0v) is 12.0. The molecule has 0 atom stereocenters. The van der Waals surface area contributed by atoms with Crippen LogP contribution in [0.5, 0.6) is 0 Å². The Kier molecular flexibility index (Phi) is 3.82. The fourth-order valence-corrected chi connectivity index (χ4v) is 3.25. The Morgan fingerprint density at radius 1 is 1.29 bits per heavy atom. The van der Waals surface area contributed by atoms with Crippen molar-refractivity contribution in [2.24, 2.45) is 5.41 Å². The van der Waals surface area contributed by atoms with Crippen molar-refractivity contribution in [1.29, 1.82) is 0 Å². The maximum atomic E-state index is 11.2. The summed E-state index contributed by atoms with van der Waals surface area (Å²) < 4.78 is 5.64. The number of aliphatic carboxylic acids is 1. The van der Waals surface area contributed by atoms with Crippen molar-refractivity contribution in [3.05, 3.63) is 24.3 Å². The van der Waals surface area contributed by atoms with Crippen LogP contribution in [0, 0.1) is 5.41 Å². The highest BCUT2D eigenvalue weighted by Gasteiger charge is 2.34. The fraction of sp³-hybridized carbons (Fsp3) is 0.500. The van der Waals surface area contributed by atoms with Gasteiger partial charge in [-0.1, -0.05) is 31.4 Å². The number of carboxylic acid groups (broad SMARTS) is 1. The van der Waals surface area contributed by atoms with E-state index in [0.717, 1.165) is 36.8 Å². The minimum absolute atomic E-state index is 0.176. The normalized spacial score (nSPS) is 17.7. The van der Waals surface area contributed by atoms with Gasteiger partial charge in [0.05, 0.1) is 6.42 Å². The predicted octanol–water partition coefficient (Wildman–Crippen LogP) is 3.66. The molecule has 1 aliphatic rings. The lowest BCUT2D eigenvalue weighted by atomic mass is 9.72. The summed E-state index contributed by atoms with van der Waals surface area (Å²) in [4.78, 5) is 15.5. The molecule has 0 spiro atoms. The van der Waals surface area contributed by atoms with Crippen LogP contribution in [0.2, 0.25) is 0 Å². The lowest BCUT2D eigenvalue weighted by molar-refractivity contribution is -0.140. The second-order valence-corrected chi connectivity index (χ2v) is 5.97. The van der Waals surface area contributed by atoms with Gasteiger partial charge in [-0.25, -0.2) is 0 Å². The van der Waals surface area contributed by atoms with Gasteiger partial charge < -0.3 is 14.8 Å². The number of carbonyl (C=O) groups is 1. The molecule has 0 saturated heterocycles. The lowest BCUT2D eigenvalue weighted by Gasteiger charge is -2.35. The highest BCUT2D eigenvalue weighted by molar-refractivity contribution is 5.74. The van der Waals surface area contributed by atoms with E-state index in [2.05, 4.69) is 10.3 Å². The maximum Gasteiger partial charge on any atom is 0.303 e. The smallest absolute Gasteiger partial charge is 0.303 e. The van der Waals surface area contributed by atoms with Crippen LogP contribution in [-0.4, -0.2) is 22.6 Å². The first-order valence-electron chi connectivity index (χ1n) is 7.48. The van der Waals surface area contributed by atoms with Crippen LogP contribution in [0.3, 0.4) is 0 Å². The van der Waals surface area contributed by atoms with E-state index in [4.69, 9.17) is 4.42 Å². The first-order valence-corrected chi connectivity index (χ1v) is 7.48. The predicted molar refractivity (Wildman–Crippen MR) is 80.3 cm³/mol. The molecule has 0 unspecified atom stereocenters. The first kappa shape index (κ1) is 13.9. The van der Waals surface area contributed by atoms with Crippen LogP contribution in [0.4, 0.5) is 6.01 Å². The van der Waals surface area contributed by atoms with Crippen LogP contribution in [0.1, 0.15) is 38.5 Å². The molecule has 0 aliphatic heterocycles. The number of anilines is 1. The number of carboxylic acids is 1. The average Bonchev–Trinajstić information content (AvgIpc) is 2.88. The number of nitrogens with zero attached hydrogens (tertiary/aromatic N) is 1. The molecular formula is C16H20N2O3. The van der Waals surface area contributed by atoms with E-state index < -0.39 is 5.97 Å². The van der Waals surface area contributed by atoms with E-state index >= 15 is 0 Å². The van der Waals surface area contributed by atoms with E-state index in [-0.39, 0.29) is 11.8 Å². The van der Waals surface area contributed by atoms with Gasteiger partial charge in [-0.15, -0.1) is 0 Å². The summed E-state index contributed by atoms with van der Waals surface area (Å²) in [6.45, 7) is 0.603. The molecule has 1 saturated carbocycles. The second kappa shape index (κ2) is 5.76. The summed E-state index contributed by atoms with van der Waals surface area (Å²) in [5, 5.41) is 12.4. The zero-order valence-electron chi connectivity index (χ0n) is 12.0. The topological polar surface area (TPSA) is 75.4 Å². The standard InChI is InChI=1S/C16H20N2O3/c19-14(20)10-16(8-4-1-5-9-16)11-17-15-18-12-6-2-3-7-13(12)21-15/h2-3,6-7H,1,4-5,8-11H2,(H,17,18)(H,19,20). The summed E-state index contributed by atoms with van der Waals surface area (Å²) >= 11 is 0. The molecule has 1 aromatic carbocycles. The minimum atomic E-state index is -0.726. The number of hydrogen-bond donors (Lipinski definition) is 2. The third-order valence-electron chi connectivity index (χ3n) is 4.35. The van der Waals surface area contributed by atoms with Crippen molar-refractivity contribution >= 4 is 23.1 Å². The van der Waals surface area contributed by atoms with Crippen molar-refractivity contribution < 1.29 is 14.3 Å². The monoisotopic (exact) mass is 288 g/mol. The van der Waals surface area contributed by atoms with E-state index in [1.807, 2.05) is 24.3 Å². The summed E-state index contributed by atoms with van der Waals surface area (Å²) in [5.74, 6) is -0.726. The summed E-state index contributed by atoms with van der Waals surface area (Å²) in [6, 6.07) is 8.08. The molecule has 5 nitrogen and oxygen atoms in total. The fourth-order valence-electron chi connectivity index (χ4n) is 3.25. The molecule has 1 aromatic heterocycles. The average molecular weight is 288 g/mol. The molecule has 0 amide bonds. The second-order valence-electron chi connectivity index (χ2n) is 5.97. The van der Waals surface area contributed by atoms with Crippen molar-refractivity contribution in [3.63, 3.8) is 0 Å². The van der Waals surface area contributed by atoms with Gasteiger partial charge in [0.2, 0.25) is 0 Å². The van der Waals surface area contributed by atoms with Crippen LogP contribution in [-0.2, 0) is 4.79 Å². The number of para-hydroxylation sites is 2. The molecule has 2 N–H and O–H groups in total. The van der Waals surface area contributed by atoms with E-state index in [1.54, 1.807) is 0 Å². The van der Waals surface area contributed by atoms with Gasteiger partial charge in [0.25, 0.3) is 6.01 Å². The number of aromatic nitrogens is 1. The van der Waals surface area contributed by atoms with Crippen LogP contribution in [0.25, 0.3) is 11.1 Å². The molecule has 21 heavy (non-hydrogen) atoms. The van der Waals surface area contributed by atoms with Crippen molar-refractivity contribution in [1.82, 2.24) is 4.98 Å². The molecule has 0 bridgehead atoms. The van der Waals surface area contributed by atoms with Gasteiger partial charge in [0.15, 0.2) is 5.58 Å². The van der Waals surface area contributed by atoms with Gasteiger partial charge in [0.1, 0.15) is 5.52 Å². The molecular weight excluding hydrogens is 268 g/mol. The third kappa shape index (κ3) is 3.17. The Morgan fingerprint density at radius 2 is 2.05 bits per heavy atom. The van der Waals surface area contributed by atoms with Gasteiger partial charge in [-0.3, -0.25) is 4.79 Å². The lowest BCUT2D eigenvalue weighted by Crippen LogP contribution is -2.34. The van der Waals surface area contributed by atoms with Gasteiger partial charge in [-0.2, -0.15) is 4.98 Å². The molecule has 3 rings (SSSR count). The van der Waals surface area contributed by atoms with Crippen LogP contribution < -0.4 is 5.32 Å². The number of benzene rings is 1. The number of hydrogen-bond acceptors (Lipinski definition) is 4. The number of oxazole rings is 1. The van der Waals surface area contributed by atoms with Crippen molar-refractivity contribution in [3.8, 4) is 0 Å². The minimum Gasteiger partial charge on any atom is -0.481 e. The molecule has 1 aliphatic carbocycles. The van der Waals surface area contributed by atoms with E-state index in [1.165, 1.54) is 6.42 Å². The van der Waals surface area contributed by atoms with Crippen molar-refractivity contribution in [2.45, 2.75) is 38.5 Å². The third-order valence-corrected chi connectivity index (χ3v) is 4.35.